The molecule has 8 nitrogen and oxygen atoms in total. The summed E-state index contributed by atoms with van der Waals surface area (Å²) in [5.41, 5.74) is 0.0828. The zero-order chi connectivity index (χ0) is 24.4. The molecule has 178 valence electrons. The van der Waals surface area contributed by atoms with Crippen molar-refractivity contribution in [2.75, 3.05) is 31.1 Å². The van der Waals surface area contributed by atoms with Gasteiger partial charge in [0, 0.05) is 56.2 Å². The number of rotatable bonds is 4. The van der Waals surface area contributed by atoms with E-state index in [2.05, 4.69) is 19.9 Å². The van der Waals surface area contributed by atoms with Gasteiger partial charge in [0.25, 0.3) is 5.91 Å². The molecule has 4 aromatic rings. The van der Waals surface area contributed by atoms with Crippen molar-refractivity contribution in [1.29, 1.82) is 0 Å². The van der Waals surface area contributed by atoms with Crippen molar-refractivity contribution in [2.45, 2.75) is 6.18 Å². The van der Waals surface area contributed by atoms with Crippen molar-refractivity contribution < 1.29 is 22.7 Å². The third kappa shape index (κ3) is 4.98. The van der Waals surface area contributed by atoms with E-state index in [9.17, 15) is 18.0 Å². The van der Waals surface area contributed by atoms with Crippen molar-refractivity contribution >= 4 is 22.8 Å². The molecule has 35 heavy (non-hydrogen) atoms. The number of hydrogen-bond acceptors (Lipinski definition) is 7. The third-order valence-electron chi connectivity index (χ3n) is 5.57. The normalized spacial score (nSPS) is 14.3. The van der Waals surface area contributed by atoms with Crippen LogP contribution < -0.4 is 9.64 Å². The summed E-state index contributed by atoms with van der Waals surface area (Å²) < 4.78 is 43.7. The van der Waals surface area contributed by atoms with Gasteiger partial charge >= 0.3 is 6.18 Å². The predicted molar refractivity (Wildman–Crippen MR) is 121 cm³/mol. The van der Waals surface area contributed by atoms with Crippen LogP contribution in [0.15, 0.2) is 67.1 Å². The van der Waals surface area contributed by atoms with Gasteiger partial charge in [-0.1, -0.05) is 6.07 Å². The molecule has 0 unspecified atom stereocenters. The van der Waals surface area contributed by atoms with Crippen LogP contribution in [0.1, 0.15) is 16.1 Å². The van der Waals surface area contributed by atoms with Gasteiger partial charge < -0.3 is 14.5 Å². The van der Waals surface area contributed by atoms with Gasteiger partial charge in [-0.3, -0.25) is 4.79 Å². The highest BCUT2D eigenvalue weighted by Gasteiger charge is 2.30. The van der Waals surface area contributed by atoms with Gasteiger partial charge in [-0.2, -0.15) is 13.2 Å². The minimum Gasteiger partial charge on any atom is -0.439 e. The Bertz CT molecular complexity index is 1340. The maximum atomic E-state index is 13.0. The number of amides is 1. The summed E-state index contributed by atoms with van der Waals surface area (Å²) in [6.07, 6.45) is -0.355. The lowest BCUT2D eigenvalue weighted by atomic mass is 10.1. The number of benzene rings is 1. The number of nitrogens with zero attached hydrogens (tertiary/aromatic N) is 6. The zero-order valence-corrected chi connectivity index (χ0v) is 18.3. The summed E-state index contributed by atoms with van der Waals surface area (Å²) in [6.45, 7) is 2.32. The van der Waals surface area contributed by atoms with E-state index in [0.29, 0.717) is 49.1 Å². The minimum atomic E-state index is -4.46. The predicted octanol–water partition coefficient (Wildman–Crippen LogP) is 4.19. The summed E-state index contributed by atoms with van der Waals surface area (Å²) in [7, 11) is 0. The van der Waals surface area contributed by atoms with Gasteiger partial charge in [0.2, 0.25) is 11.8 Å². The summed E-state index contributed by atoms with van der Waals surface area (Å²) in [5, 5.41) is 0.719. The van der Waals surface area contributed by atoms with Gasteiger partial charge in [-0.15, -0.1) is 0 Å². The number of halogens is 3. The van der Waals surface area contributed by atoms with Gasteiger partial charge in [0.1, 0.15) is 11.4 Å². The average Bonchev–Trinajstić information content (AvgIpc) is 2.88. The van der Waals surface area contributed by atoms with Gasteiger partial charge in [0.05, 0.1) is 11.1 Å². The average molecular weight is 480 g/mol. The van der Waals surface area contributed by atoms with Crippen LogP contribution in [-0.4, -0.2) is 56.9 Å². The van der Waals surface area contributed by atoms with Crippen LogP contribution >= 0.6 is 0 Å². The van der Waals surface area contributed by atoms with Crippen LogP contribution in [0, 0.1) is 0 Å². The van der Waals surface area contributed by atoms with Crippen molar-refractivity contribution in [1.82, 2.24) is 24.8 Å². The monoisotopic (exact) mass is 480 g/mol. The molecular formula is C24H19F3N6O2. The number of carbonyl (C=O) groups is 1. The number of carbonyl (C=O) groups excluding carboxylic acids is 1. The lowest BCUT2D eigenvalue weighted by Crippen LogP contribution is -2.49. The second kappa shape index (κ2) is 9.16. The van der Waals surface area contributed by atoms with Crippen molar-refractivity contribution in [2.24, 2.45) is 0 Å². The van der Waals surface area contributed by atoms with E-state index in [1.54, 1.807) is 53.7 Å². The van der Waals surface area contributed by atoms with Crippen LogP contribution in [0.25, 0.3) is 10.9 Å². The zero-order valence-electron chi connectivity index (χ0n) is 18.3. The summed E-state index contributed by atoms with van der Waals surface area (Å²) >= 11 is 0. The maximum absolute atomic E-state index is 13.0. The molecule has 1 aromatic carbocycles. The molecule has 0 saturated carbocycles. The van der Waals surface area contributed by atoms with E-state index in [4.69, 9.17) is 4.74 Å². The van der Waals surface area contributed by atoms with Gasteiger partial charge in [0.15, 0.2) is 0 Å². The molecule has 0 spiro atoms. The number of anilines is 1. The van der Waals surface area contributed by atoms with Crippen LogP contribution in [-0.2, 0) is 6.18 Å². The molecule has 0 N–H and O–H groups in total. The molecule has 4 heterocycles. The summed E-state index contributed by atoms with van der Waals surface area (Å²) in [4.78, 5) is 33.5. The van der Waals surface area contributed by atoms with Crippen LogP contribution in [0.3, 0.4) is 0 Å². The highest BCUT2D eigenvalue weighted by molar-refractivity contribution is 5.95. The molecule has 5 rings (SSSR count). The van der Waals surface area contributed by atoms with Crippen molar-refractivity contribution in [3.05, 3.63) is 78.4 Å². The molecule has 1 saturated heterocycles. The molecule has 1 fully saturated rings. The summed E-state index contributed by atoms with van der Waals surface area (Å²) in [6, 6.07) is 12.3. The fourth-order valence-electron chi connectivity index (χ4n) is 3.74. The van der Waals surface area contributed by atoms with E-state index in [0.717, 1.165) is 23.7 Å². The van der Waals surface area contributed by atoms with E-state index >= 15 is 0 Å². The van der Waals surface area contributed by atoms with Crippen LogP contribution in [0.2, 0.25) is 0 Å². The second-order valence-corrected chi connectivity index (χ2v) is 7.86. The van der Waals surface area contributed by atoms with E-state index in [1.807, 2.05) is 4.90 Å². The van der Waals surface area contributed by atoms with Gasteiger partial charge in [-0.25, -0.2) is 19.9 Å². The molecule has 0 radical (unpaired) electrons. The number of alkyl halides is 3. The number of ether oxygens (including phenoxy) is 1. The highest BCUT2D eigenvalue weighted by Crippen LogP contribution is 2.30. The first-order valence-electron chi connectivity index (χ1n) is 10.8. The van der Waals surface area contributed by atoms with Crippen LogP contribution in [0.5, 0.6) is 11.6 Å². The Morgan fingerprint density at radius 1 is 0.914 bits per heavy atom. The van der Waals surface area contributed by atoms with Gasteiger partial charge in [-0.05, 0) is 36.4 Å². The molecular weight excluding hydrogens is 461 g/mol. The standard InChI is InChI=1S/C24H19F3N6O2/c25-24(26,27)17-3-7-21(30-15-17)35-18-4-6-19-16(14-18)2-5-20(31-19)22(34)32-10-12-33(13-11-32)23-28-8-1-9-29-23/h1-9,14-15H,10-13H2. The highest BCUT2D eigenvalue weighted by atomic mass is 19.4. The Hall–Kier alpha value is -4.28. The molecule has 1 amide bonds. The number of piperazine rings is 1. The topological polar surface area (TPSA) is 84.3 Å². The first-order chi connectivity index (χ1) is 16.9. The Balaban J connectivity index is 1.25. The maximum Gasteiger partial charge on any atom is 0.417 e. The Morgan fingerprint density at radius 3 is 2.37 bits per heavy atom. The van der Waals surface area contributed by atoms with Crippen molar-refractivity contribution in [3.8, 4) is 11.6 Å². The number of fused-ring (bicyclic) bond motifs is 1. The smallest absolute Gasteiger partial charge is 0.417 e. The Morgan fingerprint density at radius 2 is 1.69 bits per heavy atom. The molecule has 0 aliphatic carbocycles. The quantitative estimate of drug-likeness (QED) is 0.433. The lowest BCUT2D eigenvalue weighted by molar-refractivity contribution is -0.137. The fourth-order valence-corrected chi connectivity index (χ4v) is 3.74. The molecule has 3 aromatic heterocycles. The first kappa shape index (κ1) is 22.5. The summed E-state index contributed by atoms with van der Waals surface area (Å²) in [5.74, 6) is 0.921. The fraction of sp³-hybridized carbons (Fsp3) is 0.208. The minimum absolute atomic E-state index is 0.0390. The number of pyridine rings is 2. The van der Waals surface area contributed by atoms with Crippen LogP contribution in [0.4, 0.5) is 19.1 Å². The number of hydrogen-bond donors (Lipinski definition) is 0. The van der Waals surface area contributed by atoms with E-state index in [-0.39, 0.29) is 11.8 Å². The molecule has 1 aliphatic heterocycles. The first-order valence-corrected chi connectivity index (χ1v) is 10.8. The van der Waals surface area contributed by atoms with E-state index < -0.39 is 11.7 Å². The third-order valence-corrected chi connectivity index (χ3v) is 5.57. The largest absolute Gasteiger partial charge is 0.439 e. The van der Waals surface area contributed by atoms with Crippen molar-refractivity contribution in [3.63, 3.8) is 0 Å². The molecule has 1 aliphatic rings. The Kier molecular flexibility index (Phi) is 5.89. The molecule has 0 bridgehead atoms. The SMILES string of the molecule is O=C(c1ccc2cc(Oc3ccc(C(F)(F)F)cn3)ccc2n1)N1CCN(c2ncccn2)CC1. The number of aromatic nitrogens is 4. The van der Waals surface area contributed by atoms with E-state index in [1.165, 1.54) is 0 Å². The second-order valence-electron chi connectivity index (χ2n) is 7.86. The lowest BCUT2D eigenvalue weighted by Gasteiger charge is -2.34. The molecule has 11 heteroatoms. The Labute approximate surface area is 198 Å². The molecule has 0 atom stereocenters.